The van der Waals surface area contributed by atoms with Crippen LogP contribution >= 0.6 is 0 Å². The van der Waals surface area contributed by atoms with Crippen molar-refractivity contribution >= 4 is 11.6 Å². The summed E-state index contributed by atoms with van der Waals surface area (Å²) in [5.74, 6) is -0.570. The van der Waals surface area contributed by atoms with E-state index >= 15 is 0 Å². The molecule has 1 amide bonds. The summed E-state index contributed by atoms with van der Waals surface area (Å²) in [5, 5.41) is 34.3. The average molecular weight is 464 g/mol. The van der Waals surface area contributed by atoms with Crippen molar-refractivity contribution in [2.24, 2.45) is 12.2 Å². The van der Waals surface area contributed by atoms with E-state index in [9.17, 15) is 25.0 Å². The molecule has 1 heterocycles. The SMILES string of the molecule is Cc1ccccc1C(C/C(=N\O)c1ccc(=O)n(C)c1)c1ccc(C(=O)NC(CO)CO)cc1. The zero-order valence-corrected chi connectivity index (χ0v) is 19.2. The van der Waals surface area contributed by atoms with E-state index in [0.29, 0.717) is 23.3 Å². The number of aliphatic hydroxyl groups excluding tert-OH is 2. The van der Waals surface area contributed by atoms with Crippen molar-refractivity contribution in [1.29, 1.82) is 0 Å². The summed E-state index contributed by atoms with van der Waals surface area (Å²) in [4.78, 5) is 24.2. The molecule has 4 N–H and O–H groups in total. The molecule has 0 saturated heterocycles. The zero-order valence-electron chi connectivity index (χ0n) is 19.2. The fourth-order valence-corrected chi connectivity index (χ4v) is 3.84. The molecule has 34 heavy (non-hydrogen) atoms. The molecule has 1 atom stereocenters. The van der Waals surface area contributed by atoms with E-state index in [1.807, 2.05) is 43.3 Å². The van der Waals surface area contributed by atoms with Crippen LogP contribution in [-0.4, -0.2) is 50.9 Å². The topological polar surface area (TPSA) is 124 Å². The van der Waals surface area contributed by atoms with Crippen molar-refractivity contribution < 1.29 is 20.2 Å². The summed E-state index contributed by atoms with van der Waals surface area (Å²) in [6.07, 6.45) is 2.00. The summed E-state index contributed by atoms with van der Waals surface area (Å²) in [6, 6.07) is 17.3. The normalized spacial score (nSPS) is 12.6. The molecule has 8 nitrogen and oxygen atoms in total. The van der Waals surface area contributed by atoms with Gasteiger partial charge in [-0.05, 0) is 41.8 Å². The first kappa shape index (κ1) is 24.9. The van der Waals surface area contributed by atoms with Crippen molar-refractivity contribution in [3.63, 3.8) is 0 Å². The van der Waals surface area contributed by atoms with Gasteiger partial charge in [0.05, 0.1) is 25.0 Å². The molecule has 1 unspecified atom stereocenters. The van der Waals surface area contributed by atoms with Crippen molar-refractivity contribution in [2.75, 3.05) is 13.2 Å². The van der Waals surface area contributed by atoms with E-state index in [-0.39, 0.29) is 24.7 Å². The summed E-state index contributed by atoms with van der Waals surface area (Å²) < 4.78 is 1.43. The summed E-state index contributed by atoms with van der Waals surface area (Å²) in [5.41, 5.74) is 4.34. The van der Waals surface area contributed by atoms with E-state index in [1.54, 1.807) is 31.4 Å². The van der Waals surface area contributed by atoms with Crippen molar-refractivity contribution in [2.45, 2.75) is 25.3 Å². The summed E-state index contributed by atoms with van der Waals surface area (Å²) in [6.45, 7) is 1.30. The molecule has 2 aromatic carbocycles. The quantitative estimate of drug-likeness (QED) is 0.220. The number of aryl methyl sites for hydroxylation is 2. The van der Waals surface area contributed by atoms with E-state index in [4.69, 9.17) is 0 Å². The number of oxime groups is 1. The molecule has 0 radical (unpaired) electrons. The van der Waals surface area contributed by atoms with E-state index in [0.717, 1.165) is 16.7 Å². The Hall–Kier alpha value is -3.75. The molecule has 0 fully saturated rings. The third-order valence-corrected chi connectivity index (χ3v) is 5.85. The Balaban J connectivity index is 1.95. The van der Waals surface area contributed by atoms with Crippen LogP contribution in [0.25, 0.3) is 0 Å². The second kappa shape index (κ2) is 11.4. The molecule has 0 bridgehead atoms. The molecule has 0 aliphatic heterocycles. The van der Waals surface area contributed by atoms with Gasteiger partial charge in [-0.2, -0.15) is 0 Å². The lowest BCUT2D eigenvalue weighted by atomic mass is 9.83. The molecule has 3 rings (SSSR count). The molecular formula is C26H29N3O5. The van der Waals surface area contributed by atoms with Gasteiger partial charge < -0.3 is 25.3 Å². The lowest BCUT2D eigenvalue weighted by Gasteiger charge is -2.21. The molecule has 8 heteroatoms. The molecular weight excluding hydrogens is 434 g/mol. The third kappa shape index (κ3) is 5.78. The van der Waals surface area contributed by atoms with Crippen LogP contribution < -0.4 is 10.9 Å². The van der Waals surface area contributed by atoms with Gasteiger partial charge in [0, 0.05) is 42.8 Å². The van der Waals surface area contributed by atoms with Crippen LogP contribution in [0.3, 0.4) is 0 Å². The minimum atomic E-state index is -0.725. The second-order valence-electron chi connectivity index (χ2n) is 8.18. The first-order chi connectivity index (χ1) is 16.4. The fourth-order valence-electron chi connectivity index (χ4n) is 3.84. The van der Waals surface area contributed by atoms with Gasteiger partial charge in [-0.3, -0.25) is 9.59 Å². The highest BCUT2D eigenvalue weighted by Crippen LogP contribution is 2.32. The number of nitrogens with one attached hydrogen (secondary N) is 1. The average Bonchev–Trinajstić information content (AvgIpc) is 2.86. The van der Waals surface area contributed by atoms with Crippen LogP contribution in [0.2, 0.25) is 0 Å². The van der Waals surface area contributed by atoms with Crippen molar-refractivity contribution in [1.82, 2.24) is 9.88 Å². The van der Waals surface area contributed by atoms with E-state index in [2.05, 4.69) is 10.5 Å². The predicted molar refractivity (Wildman–Crippen MR) is 130 cm³/mol. The van der Waals surface area contributed by atoms with Gasteiger partial charge in [0.15, 0.2) is 0 Å². The van der Waals surface area contributed by atoms with Crippen molar-refractivity contribution in [3.8, 4) is 0 Å². The Morgan fingerprint density at radius 1 is 1.00 bits per heavy atom. The van der Waals surface area contributed by atoms with Gasteiger partial charge >= 0.3 is 0 Å². The molecule has 0 aliphatic carbocycles. The van der Waals surface area contributed by atoms with E-state index < -0.39 is 11.9 Å². The number of aliphatic hydroxyl groups is 2. The minimum Gasteiger partial charge on any atom is -0.411 e. The highest BCUT2D eigenvalue weighted by Gasteiger charge is 2.21. The molecule has 0 spiro atoms. The largest absolute Gasteiger partial charge is 0.411 e. The third-order valence-electron chi connectivity index (χ3n) is 5.85. The molecule has 3 aromatic rings. The Morgan fingerprint density at radius 2 is 1.65 bits per heavy atom. The number of hydrogen-bond acceptors (Lipinski definition) is 6. The lowest BCUT2D eigenvalue weighted by Crippen LogP contribution is -2.40. The Bertz CT molecular complexity index is 1210. The van der Waals surface area contributed by atoms with Gasteiger partial charge in [0.25, 0.3) is 5.91 Å². The first-order valence-corrected chi connectivity index (χ1v) is 10.9. The molecule has 1 aromatic heterocycles. The maximum absolute atomic E-state index is 12.4. The fraction of sp³-hybridized carbons (Fsp3) is 0.269. The summed E-state index contributed by atoms with van der Waals surface area (Å²) in [7, 11) is 1.64. The Labute approximate surface area is 197 Å². The number of pyridine rings is 1. The highest BCUT2D eigenvalue weighted by molar-refractivity contribution is 6.00. The molecule has 0 aliphatic rings. The number of carbonyl (C=O) groups excluding carboxylic acids is 1. The molecule has 178 valence electrons. The maximum Gasteiger partial charge on any atom is 0.251 e. The van der Waals surface area contributed by atoms with Gasteiger partial charge in [-0.15, -0.1) is 0 Å². The number of rotatable bonds is 9. The van der Waals surface area contributed by atoms with Gasteiger partial charge in [-0.1, -0.05) is 41.6 Å². The highest BCUT2D eigenvalue weighted by atomic mass is 16.4. The number of aromatic nitrogens is 1. The number of amides is 1. The van der Waals surface area contributed by atoms with Crippen molar-refractivity contribution in [3.05, 3.63) is 105 Å². The monoisotopic (exact) mass is 463 g/mol. The first-order valence-electron chi connectivity index (χ1n) is 10.9. The number of hydrogen-bond donors (Lipinski definition) is 4. The van der Waals surface area contributed by atoms with E-state index in [1.165, 1.54) is 10.6 Å². The predicted octanol–water partition coefficient (Wildman–Crippen LogP) is 2.18. The van der Waals surface area contributed by atoms with Crippen LogP contribution in [0.15, 0.2) is 76.8 Å². The molecule has 0 saturated carbocycles. The standard InChI is InChI=1S/C26H29N3O5/c1-17-5-3-4-6-22(17)23(13-24(28-34)20-11-12-25(32)29(2)14-20)18-7-9-19(10-8-18)26(33)27-21(15-30)16-31/h3-12,14,21,23,30-31,34H,13,15-16H2,1-2H3,(H,27,33)/b28-24+. The van der Waals surface area contributed by atoms with Crippen LogP contribution in [0.1, 0.15) is 45.0 Å². The van der Waals surface area contributed by atoms with Crippen LogP contribution in [-0.2, 0) is 7.05 Å². The smallest absolute Gasteiger partial charge is 0.251 e. The number of carbonyl (C=O) groups is 1. The lowest BCUT2D eigenvalue weighted by molar-refractivity contribution is 0.0879. The number of nitrogens with zero attached hydrogens (tertiary/aromatic N) is 2. The van der Waals surface area contributed by atoms with Gasteiger partial charge in [-0.25, -0.2) is 0 Å². The van der Waals surface area contributed by atoms with Gasteiger partial charge in [0.2, 0.25) is 5.56 Å². The number of benzene rings is 2. The van der Waals surface area contributed by atoms with Crippen LogP contribution in [0.4, 0.5) is 0 Å². The minimum absolute atomic E-state index is 0.157. The zero-order chi connectivity index (χ0) is 24.7. The van der Waals surface area contributed by atoms with Crippen LogP contribution in [0.5, 0.6) is 0 Å². The van der Waals surface area contributed by atoms with Crippen LogP contribution in [0, 0.1) is 6.92 Å². The van der Waals surface area contributed by atoms with Gasteiger partial charge in [0.1, 0.15) is 0 Å². The second-order valence-corrected chi connectivity index (χ2v) is 8.18. The maximum atomic E-state index is 12.4. The Kier molecular flexibility index (Phi) is 8.34. The Morgan fingerprint density at radius 3 is 2.24 bits per heavy atom. The summed E-state index contributed by atoms with van der Waals surface area (Å²) >= 11 is 0.